The van der Waals surface area contributed by atoms with E-state index in [0.29, 0.717) is 13.0 Å². The number of benzene rings is 1. The first-order chi connectivity index (χ1) is 12.3. The number of pyridine rings is 1. The second kappa shape index (κ2) is 7.07. The summed E-state index contributed by atoms with van der Waals surface area (Å²) in [7, 11) is 0. The highest BCUT2D eigenvalue weighted by atomic mass is 16.1. The summed E-state index contributed by atoms with van der Waals surface area (Å²) in [6.07, 6.45) is 8.09. The molecule has 0 amide bonds. The van der Waals surface area contributed by atoms with Gasteiger partial charge in [0.25, 0.3) is 0 Å². The van der Waals surface area contributed by atoms with Gasteiger partial charge in [-0.3, -0.25) is 14.7 Å². The third-order valence-electron chi connectivity index (χ3n) is 4.67. The lowest BCUT2D eigenvalue weighted by atomic mass is 10.0. The van der Waals surface area contributed by atoms with Crippen molar-refractivity contribution in [2.24, 2.45) is 0 Å². The summed E-state index contributed by atoms with van der Waals surface area (Å²) in [6, 6.07) is 10.2. The van der Waals surface area contributed by atoms with Gasteiger partial charge in [-0.2, -0.15) is 10.2 Å². The van der Waals surface area contributed by atoms with Crippen molar-refractivity contribution in [2.45, 2.75) is 19.3 Å². The van der Waals surface area contributed by atoms with Crippen molar-refractivity contribution in [1.29, 1.82) is 0 Å². The molecule has 0 spiro atoms. The monoisotopic (exact) mass is 332 g/mol. The first kappa shape index (κ1) is 15.8. The molecule has 1 fully saturated rings. The van der Waals surface area contributed by atoms with Gasteiger partial charge in [0.2, 0.25) is 0 Å². The SMILES string of the molecule is O=C(Cc1cc2cc(-c3ccnnc3)ccc2cn1)CN1CCCC1. The number of aromatic nitrogens is 3. The Labute approximate surface area is 146 Å². The van der Waals surface area contributed by atoms with Crippen LogP contribution in [0.25, 0.3) is 21.9 Å². The number of ketones is 1. The second-order valence-corrected chi connectivity index (χ2v) is 6.57. The lowest BCUT2D eigenvalue weighted by molar-refractivity contribution is -0.119. The zero-order chi connectivity index (χ0) is 17.1. The smallest absolute Gasteiger partial charge is 0.152 e. The molecule has 0 saturated carbocycles. The maximum absolute atomic E-state index is 12.3. The van der Waals surface area contributed by atoms with Crippen LogP contribution in [0.1, 0.15) is 18.5 Å². The third kappa shape index (κ3) is 3.72. The van der Waals surface area contributed by atoms with Crippen LogP contribution < -0.4 is 0 Å². The number of nitrogens with zero attached hydrogens (tertiary/aromatic N) is 4. The van der Waals surface area contributed by atoms with Gasteiger partial charge in [-0.1, -0.05) is 12.1 Å². The molecular formula is C20H20N4O. The highest BCUT2D eigenvalue weighted by Crippen LogP contribution is 2.24. The Bertz CT molecular complexity index is 889. The molecule has 1 aliphatic heterocycles. The zero-order valence-corrected chi connectivity index (χ0v) is 14.1. The van der Waals surface area contributed by atoms with Crippen molar-refractivity contribution < 1.29 is 4.79 Å². The minimum atomic E-state index is 0.239. The quantitative estimate of drug-likeness (QED) is 0.719. The maximum atomic E-state index is 12.3. The largest absolute Gasteiger partial charge is 0.298 e. The molecule has 1 aromatic carbocycles. The molecular weight excluding hydrogens is 312 g/mol. The first-order valence-corrected chi connectivity index (χ1v) is 8.68. The van der Waals surface area contributed by atoms with Gasteiger partial charge in [0.05, 0.1) is 25.4 Å². The highest BCUT2D eigenvalue weighted by molar-refractivity contribution is 5.88. The molecule has 1 aliphatic rings. The van der Waals surface area contributed by atoms with Gasteiger partial charge in [-0.05, 0) is 55.1 Å². The standard InChI is InChI=1S/C20H20N4O/c25-20(14-24-7-1-2-8-24)11-19-10-18-9-15(3-4-16(18)12-21-19)17-5-6-22-23-13-17/h3-6,9-10,12-13H,1-2,7-8,11,14H2. The van der Waals surface area contributed by atoms with Crippen molar-refractivity contribution in [3.8, 4) is 11.1 Å². The van der Waals surface area contributed by atoms with Gasteiger partial charge in [0.1, 0.15) is 0 Å². The van der Waals surface area contributed by atoms with E-state index in [0.717, 1.165) is 40.7 Å². The molecule has 4 rings (SSSR count). The Kier molecular flexibility index (Phi) is 4.48. The van der Waals surface area contributed by atoms with Crippen LogP contribution >= 0.6 is 0 Å². The van der Waals surface area contributed by atoms with Gasteiger partial charge in [0, 0.05) is 22.8 Å². The van der Waals surface area contributed by atoms with Crippen molar-refractivity contribution in [2.75, 3.05) is 19.6 Å². The second-order valence-electron chi connectivity index (χ2n) is 6.57. The predicted molar refractivity (Wildman–Crippen MR) is 97.2 cm³/mol. The lowest BCUT2D eigenvalue weighted by Crippen LogP contribution is -2.27. The van der Waals surface area contributed by atoms with Crippen molar-refractivity contribution >= 4 is 16.6 Å². The summed E-state index contributed by atoms with van der Waals surface area (Å²) in [6.45, 7) is 2.63. The van der Waals surface area contributed by atoms with Crippen LogP contribution in [0.15, 0.2) is 48.9 Å². The predicted octanol–water partition coefficient (Wildman–Crippen LogP) is 2.90. The number of hydrogen-bond acceptors (Lipinski definition) is 5. The maximum Gasteiger partial charge on any atom is 0.152 e. The molecule has 0 N–H and O–H groups in total. The molecule has 0 radical (unpaired) electrons. The topological polar surface area (TPSA) is 59.0 Å². The average molecular weight is 332 g/mol. The number of likely N-dealkylation sites (tertiary alicyclic amines) is 1. The molecule has 0 aliphatic carbocycles. The number of carbonyl (C=O) groups is 1. The zero-order valence-electron chi connectivity index (χ0n) is 14.1. The molecule has 0 bridgehead atoms. The first-order valence-electron chi connectivity index (χ1n) is 8.68. The lowest BCUT2D eigenvalue weighted by Gasteiger charge is -2.13. The van der Waals surface area contributed by atoms with E-state index in [9.17, 15) is 4.79 Å². The summed E-state index contributed by atoms with van der Waals surface area (Å²) in [5.74, 6) is 0.239. The molecule has 3 aromatic rings. The van der Waals surface area contributed by atoms with E-state index < -0.39 is 0 Å². The van der Waals surface area contributed by atoms with E-state index >= 15 is 0 Å². The summed E-state index contributed by atoms with van der Waals surface area (Å²) >= 11 is 0. The van der Waals surface area contributed by atoms with Crippen molar-refractivity contribution in [3.05, 3.63) is 54.6 Å². The fourth-order valence-electron chi connectivity index (χ4n) is 3.37. The molecule has 126 valence electrons. The van der Waals surface area contributed by atoms with Crippen LogP contribution in [0.5, 0.6) is 0 Å². The summed E-state index contributed by atoms with van der Waals surface area (Å²) in [5.41, 5.74) is 2.95. The summed E-state index contributed by atoms with van der Waals surface area (Å²) in [4.78, 5) is 19.0. The van der Waals surface area contributed by atoms with Crippen LogP contribution in [0.3, 0.4) is 0 Å². The van der Waals surface area contributed by atoms with Crippen LogP contribution in [-0.2, 0) is 11.2 Å². The van der Waals surface area contributed by atoms with Crippen LogP contribution in [0.4, 0.5) is 0 Å². The van der Waals surface area contributed by atoms with Gasteiger partial charge in [-0.25, -0.2) is 0 Å². The molecule has 25 heavy (non-hydrogen) atoms. The number of carbonyl (C=O) groups excluding carboxylic acids is 1. The minimum Gasteiger partial charge on any atom is -0.298 e. The molecule has 1 saturated heterocycles. The Hall–Kier alpha value is -2.66. The van der Waals surface area contributed by atoms with Gasteiger partial charge < -0.3 is 0 Å². The van der Waals surface area contributed by atoms with E-state index in [1.165, 1.54) is 12.8 Å². The number of hydrogen-bond donors (Lipinski definition) is 0. The van der Waals surface area contributed by atoms with Crippen LogP contribution in [0, 0.1) is 0 Å². The summed E-state index contributed by atoms with van der Waals surface area (Å²) < 4.78 is 0. The number of Topliss-reactive ketones (excluding diaryl/α,β-unsaturated/α-hetero) is 1. The number of fused-ring (bicyclic) bond motifs is 1. The van der Waals surface area contributed by atoms with Gasteiger partial charge in [0.15, 0.2) is 5.78 Å². The fourth-order valence-corrected chi connectivity index (χ4v) is 3.37. The van der Waals surface area contributed by atoms with Crippen molar-refractivity contribution in [1.82, 2.24) is 20.1 Å². The Morgan fingerprint density at radius 1 is 0.960 bits per heavy atom. The van der Waals surface area contributed by atoms with Crippen LogP contribution in [0.2, 0.25) is 0 Å². The Balaban J connectivity index is 1.55. The van der Waals surface area contributed by atoms with E-state index in [1.807, 2.05) is 24.4 Å². The molecule has 0 unspecified atom stereocenters. The van der Waals surface area contributed by atoms with E-state index in [4.69, 9.17) is 0 Å². The minimum absolute atomic E-state index is 0.239. The van der Waals surface area contributed by atoms with Gasteiger partial charge in [-0.15, -0.1) is 0 Å². The number of rotatable bonds is 5. The van der Waals surface area contributed by atoms with Crippen molar-refractivity contribution in [3.63, 3.8) is 0 Å². The molecule has 5 heteroatoms. The fraction of sp³-hybridized carbons (Fsp3) is 0.300. The Morgan fingerprint density at radius 2 is 1.84 bits per heavy atom. The van der Waals surface area contributed by atoms with E-state index in [-0.39, 0.29) is 5.78 Å². The Morgan fingerprint density at radius 3 is 2.64 bits per heavy atom. The van der Waals surface area contributed by atoms with E-state index in [2.05, 4.69) is 32.2 Å². The van der Waals surface area contributed by atoms with Gasteiger partial charge >= 0.3 is 0 Å². The molecule has 0 atom stereocenters. The van der Waals surface area contributed by atoms with Crippen LogP contribution in [-0.4, -0.2) is 45.5 Å². The van der Waals surface area contributed by atoms with E-state index in [1.54, 1.807) is 12.4 Å². The molecule has 2 aromatic heterocycles. The summed E-state index contributed by atoms with van der Waals surface area (Å²) in [5, 5.41) is 9.92. The normalized spacial score (nSPS) is 14.9. The highest BCUT2D eigenvalue weighted by Gasteiger charge is 2.15. The average Bonchev–Trinajstić information content (AvgIpc) is 3.14. The molecule has 5 nitrogen and oxygen atoms in total. The molecule has 3 heterocycles. The third-order valence-corrected chi connectivity index (χ3v) is 4.67.